The van der Waals surface area contributed by atoms with Gasteiger partial charge in [0.2, 0.25) is 0 Å². The Labute approximate surface area is 124 Å². The summed E-state index contributed by atoms with van der Waals surface area (Å²) in [4.78, 5) is 10.9. The van der Waals surface area contributed by atoms with Crippen molar-refractivity contribution in [1.29, 1.82) is 0 Å². The van der Waals surface area contributed by atoms with E-state index in [1.165, 1.54) is 19.2 Å². The number of ether oxygens (including phenoxy) is 2. The van der Waals surface area contributed by atoms with Crippen LogP contribution in [-0.2, 0) is 16.0 Å². The fourth-order valence-electron chi connectivity index (χ4n) is 2.16. The molecule has 0 fully saturated rings. The lowest BCUT2D eigenvalue weighted by Gasteiger charge is -2.25. The highest BCUT2D eigenvalue weighted by molar-refractivity contribution is 5.85. The van der Waals surface area contributed by atoms with E-state index in [1.54, 1.807) is 6.07 Å². The molecule has 2 rings (SSSR count). The molecular weight excluding hydrogens is 285 g/mol. The molecule has 1 unspecified atom stereocenters. The third-order valence-corrected chi connectivity index (χ3v) is 3.17. The lowest BCUT2D eigenvalue weighted by molar-refractivity contribution is -0.140. The van der Waals surface area contributed by atoms with Crippen LogP contribution in [0.5, 0.6) is 5.75 Å². The second kappa shape index (κ2) is 8.07. The number of halogens is 2. The topological polar surface area (TPSA) is 47.6 Å². The van der Waals surface area contributed by atoms with Crippen LogP contribution in [0.4, 0.5) is 4.39 Å². The Bertz CT molecular complexity index is 456. The molecule has 1 aliphatic rings. The fourth-order valence-corrected chi connectivity index (χ4v) is 2.16. The molecule has 0 saturated carbocycles. The van der Waals surface area contributed by atoms with Crippen LogP contribution in [0.15, 0.2) is 18.2 Å². The van der Waals surface area contributed by atoms with Gasteiger partial charge in [0.05, 0.1) is 20.1 Å². The number of hydrogen-bond donors (Lipinski definition) is 1. The summed E-state index contributed by atoms with van der Waals surface area (Å²) >= 11 is 0. The summed E-state index contributed by atoms with van der Waals surface area (Å²) in [5.41, 5.74) is 0.908. The number of fused-ring (bicyclic) bond motifs is 1. The van der Waals surface area contributed by atoms with Gasteiger partial charge in [-0.2, -0.15) is 0 Å². The molecule has 0 saturated heterocycles. The van der Waals surface area contributed by atoms with E-state index in [1.807, 2.05) is 0 Å². The quantitative estimate of drug-likeness (QED) is 0.667. The molecule has 20 heavy (non-hydrogen) atoms. The Hall–Kier alpha value is -1.33. The van der Waals surface area contributed by atoms with Crippen molar-refractivity contribution in [2.75, 3.05) is 26.8 Å². The van der Waals surface area contributed by atoms with Crippen LogP contribution in [0.1, 0.15) is 12.0 Å². The minimum Gasteiger partial charge on any atom is -0.493 e. The normalized spacial score (nSPS) is 16.6. The summed E-state index contributed by atoms with van der Waals surface area (Å²) in [5, 5.41) is 3.19. The zero-order valence-electron chi connectivity index (χ0n) is 11.4. The van der Waals surface area contributed by atoms with E-state index in [4.69, 9.17) is 4.74 Å². The maximum Gasteiger partial charge on any atom is 0.306 e. The molecule has 0 spiro atoms. The second-order valence-electron chi connectivity index (χ2n) is 4.66. The van der Waals surface area contributed by atoms with Crippen LogP contribution >= 0.6 is 12.4 Å². The van der Waals surface area contributed by atoms with Gasteiger partial charge >= 0.3 is 5.97 Å². The van der Waals surface area contributed by atoms with Gasteiger partial charge in [0, 0.05) is 19.0 Å². The predicted molar refractivity (Wildman–Crippen MR) is 75.8 cm³/mol. The van der Waals surface area contributed by atoms with Crippen LogP contribution < -0.4 is 10.1 Å². The number of carbonyl (C=O) groups is 1. The molecule has 1 aromatic rings. The molecule has 0 amide bonds. The molecule has 1 aliphatic heterocycles. The molecule has 1 aromatic carbocycles. The highest BCUT2D eigenvalue weighted by Gasteiger charge is 2.20. The average molecular weight is 304 g/mol. The molecule has 1 atom stereocenters. The van der Waals surface area contributed by atoms with Crippen molar-refractivity contribution in [1.82, 2.24) is 5.32 Å². The highest BCUT2D eigenvalue weighted by atomic mass is 35.5. The van der Waals surface area contributed by atoms with Crippen molar-refractivity contribution in [2.45, 2.75) is 12.8 Å². The van der Waals surface area contributed by atoms with Gasteiger partial charge in [0.15, 0.2) is 0 Å². The van der Waals surface area contributed by atoms with Gasteiger partial charge in [-0.25, -0.2) is 4.39 Å². The molecular formula is C14H19ClFNO3. The van der Waals surface area contributed by atoms with Crippen LogP contribution in [0.25, 0.3) is 0 Å². The predicted octanol–water partition coefficient (Wildman–Crippen LogP) is 1.95. The largest absolute Gasteiger partial charge is 0.493 e. The van der Waals surface area contributed by atoms with E-state index < -0.39 is 0 Å². The van der Waals surface area contributed by atoms with Crippen LogP contribution in [0.2, 0.25) is 0 Å². The minimum atomic E-state index is -0.235. The SMILES string of the molecule is COC(=O)CCNCC1COc2ccc(F)cc2C1.Cl. The van der Waals surface area contributed by atoms with Gasteiger partial charge in [-0.05, 0) is 30.2 Å². The van der Waals surface area contributed by atoms with E-state index in [0.717, 1.165) is 24.3 Å². The molecule has 4 nitrogen and oxygen atoms in total. The summed E-state index contributed by atoms with van der Waals surface area (Å²) in [7, 11) is 1.38. The molecule has 0 radical (unpaired) electrons. The highest BCUT2D eigenvalue weighted by Crippen LogP contribution is 2.27. The first-order valence-corrected chi connectivity index (χ1v) is 6.38. The maximum atomic E-state index is 13.1. The second-order valence-corrected chi connectivity index (χ2v) is 4.66. The Morgan fingerprint density at radius 3 is 3.10 bits per heavy atom. The van der Waals surface area contributed by atoms with Gasteiger partial charge in [0.1, 0.15) is 11.6 Å². The van der Waals surface area contributed by atoms with E-state index in [2.05, 4.69) is 10.1 Å². The van der Waals surface area contributed by atoms with E-state index >= 15 is 0 Å². The number of methoxy groups -OCH3 is 1. The van der Waals surface area contributed by atoms with E-state index in [0.29, 0.717) is 25.5 Å². The lowest BCUT2D eigenvalue weighted by atomic mass is 9.96. The summed E-state index contributed by atoms with van der Waals surface area (Å²) in [5.74, 6) is 0.612. The van der Waals surface area contributed by atoms with Crippen molar-refractivity contribution in [2.24, 2.45) is 5.92 Å². The molecule has 1 N–H and O–H groups in total. The number of hydrogen-bond acceptors (Lipinski definition) is 4. The molecule has 6 heteroatoms. The van der Waals surface area contributed by atoms with E-state index in [9.17, 15) is 9.18 Å². The van der Waals surface area contributed by atoms with Crippen molar-refractivity contribution in [3.8, 4) is 5.75 Å². The maximum absolute atomic E-state index is 13.1. The average Bonchev–Trinajstić information content (AvgIpc) is 2.42. The monoisotopic (exact) mass is 303 g/mol. The first kappa shape index (κ1) is 16.7. The Morgan fingerprint density at radius 2 is 2.35 bits per heavy atom. The zero-order chi connectivity index (χ0) is 13.7. The van der Waals surface area contributed by atoms with Crippen LogP contribution in [0, 0.1) is 11.7 Å². The van der Waals surface area contributed by atoms with Crippen molar-refractivity contribution in [3.05, 3.63) is 29.6 Å². The van der Waals surface area contributed by atoms with Gasteiger partial charge < -0.3 is 14.8 Å². The Balaban J connectivity index is 0.00000200. The summed E-state index contributed by atoms with van der Waals surface area (Å²) in [6, 6.07) is 4.61. The van der Waals surface area contributed by atoms with Crippen molar-refractivity contribution >= 4 is 18.4 Å². The lowest BCUT2D eigenvalue weighted by Crippen LogP contribution is -2.32. The third kappa shape index (κ3) is 4.65. The third-order valence-electron chi connectivity index (χ3n) is 3.17. The van der Waals surface area contributed by atoms with Crippen molar-refractivity contribution in [3.63, 3.8) is 0 Å². The van der Waals surface area contributed by atoms with Crippen molar-refractivity contribution < 1.29 is 18.7 Å². The van der Waals surface area contributed by atoms with Gasteiger partial charge in [-0.1, -0.05) is 0 Å². The Kier molecular flexibility index (Phi) is 6.75. The Morgan fingerprint density at radius 1 is 1.55 bits per heavy atom. The number of rotatable bonds is 5. The molecule has 112 valence electrons. The van der Waals surface area contributed by atoms with Gasteiger partial charge in [-0.15, -0.1) is 12.4 Å². The van der Waals surface area contributed by atoms with Gasteiger partial charge in [-0.3, -0.25) is 4.79 Å². The molecule has 0 aliphatic carbocycles. The zero-order valence-corrected chi connectivity index (χ0v) is 12.2. The number of carbonyl (C=O) groups excluding carboxylic acids is 1. The van der Waals surface area contributed by atoms with Crippen LogP contribution in [0.3, 0.4) is 0 Å². The summed E-state index contributed by atoms with van der Waals surface area (Å²) < 4.78 is 23.3. The molecule has 0 bridgehead atoms. The first-order chi connectivity index (χ1) is 9.19. The number of nitrogens with one attached hydrogen (secondary N) is 1. The molecule has 0 aromatic heterocycles. The van der Waals surface area contributed by atoms with Crippen LogP contribution in [-0.4, -0.2) is 32.8 Å². The number of esters is 1. The smallest absolute Gasteiger partial charge is 0.306 e. The fraction of sp³-hybridized carbons (Fsp3) is 0.500. The van der Waals surface area contributed by atoms with E-state index in [-0.39, 0.29) is 24.2 Å². The first-order valence-electron chi connectivity index (χ1n) is 6.38. The summed E-state index contributed by atoms with van der Waals surface area (Å²) in [6.45, 7) is 1.94. The number of benzene rings is 1. The standard InChI is InChI=1S/C14H18FNO3.ClH/c1-18-14(17)4-5-16-8-10-6-11-7-12(15)2-3-13(11)19-9-10;/h2-3,7,10,16H,4-6,8-9H2,1H3;1H. The minimum absolute atomic E-state index is 0. The molecule has 1 heterocycles. The van der Waals surface area contributed by atoms with Gasteiger partial charge in [0.25, 0.3) is 0 Å². The summed E-state index contributed by atoms with van der Waals surface area (Å²) in [6.07, 6.45) is 1.15.